The number of aromatic nitrogens is 2. The number of hydrogen-bond acceptors (Lipinski definition) is 4. The van der Waals surface area contributed by atoms with Crippen LogP contribution in [-0.4, -0.2) is 28.8 Å². The van der Waals surface area contributed by atoms with Crippen molar-refractivity contribution in [2.24, 2.45) is 0 Å². The highest BCUT2D eigenvalue weighted by Gasteiger charge is 2.30. The average molecular weight is 442 g/mol. The van der Waals surface area contributed by atoms with Crippen LogP contribution in [0.1, 0.15) is 34.6 Å². The second kappa shape index (κ2) is 8.49. The molecule has 2 heterocycles. The van der Waals surface area contributed by atoms with Gasteiger partial charge < -0.3 is 10.2 Å². The van der Waals surface area contributed by atoms with Gasteiger partial charge in [0.15, 0.2) is 5.69 Å². The first-order chi connectivity index (χ1) is 15.2. The lowest BCUT2D eigenvalue weighted by Crippen LogP contribution is -2.27. The van der Waals surface area contributed by atoms with Crippen LogP contribution in [-0.2, 0) is 6.18 Å². The first-order valence-electron chi connectivity index (χ1n) is 10.2. The lowest BCUT2D eigenvalue weighted by Gasteiger charge is -2.18. The van der Waals surface area contributed by atoms with Gasteiger partial charge in [0.25, 0.3) is 5.91 Å². The van der Waals surface area contributed by atoms with Gasteiger partial charge in [0.1, 0.15) is 0 Å². The first kappa shape index (κ1) is 21.6. The van der Waals surface area contributed by atoms with Crippen LogP contribution in [0.3, 0.4) is 0 Å². The Hall–Kier alpha value is -3.62. The number of alkyl halides is 3. The number of halogens is 3. The molecule has 1 N–H and O–H groups in total. The summed E-state index contributed by atoms with van der Waals surface area (Å²) in [5.74, 6) is -0.728. The van der Waals surface area contributed by atoms with Crippen molar-refractivity contribution in [1.29, 1.82) is 0 Å². The molecule has 9 heteroatoms. The zero-order valence-corrected chi connectivity index (χ0v) is 17.3. The van der Waals surface area contributed by atoms with Crippen LogP contribution in [0, 0.1) is 6.92 Å². The molecule has 6 nitrogen and oxygen atoms in total. The van der Waals surface area contributed by atoms with Crippen molar-refractivity contribution in [3.63, 3.8) is 0 Å². The molecule has 1 saturated heterocycles. The summed E-state index contributed by atoms with van der Waals surface area (Å²) < 4.78 is 40.4. The number of hydrogen-bond donors (Lipinski definition) is 1. The van der Waals surface area contributed by atoms with E-state index in [1.807, 2.05) is 18.2 Å². The molecule has 0 spiro atoms. The maximum Gasteiger partial charge on any atom is 0.416 e. The predicted molar refractivity (Wildman–Crippen MR) is 115 cm³/mol. The second-order valence-electron chi connectivity index (χ2n) is 7.66. The number of rotatable bonds is 4. The highest BCUT2D eigenvalue weighted by Crippen LogP contribution is 2.30. The summed E-state index contributed by atoms with van der Waals surface area (Å²) in [5.41, 5.74) is 0.0211. The van der Waals surface area contributed by atoms with Gasteiger partial charge in [0, 0.05) is 36.2 Å². The van der Waals surface area contributed by atoms with Gasteiger partial charge in [-0.2, -0.15) is 18.3 Å². The Morgan fingerprint density at radius 1 is 1.00 bits per heavy atom. The second-order valence-corrected chi connectivity index (χ2v) is 7.66. The van der Waals surface area contributed by atoms with Crippen molar-refractivity contribution < 1.29 is 18.0 Å². The van der Waals surface area contributed by atoms with Crippen molar-refractivity contribution in [1.82, 2.24) is 9.78 Å². The van der Waals surface area contributed by atoms with Crippen LogP contribution in [0.4, 0.5) is 24.5 Å². The number of amides is 1. The normalized spacial score (nSPS) is 13.9. The fourth-order valence-electron chi connectivity index (χ4n) is 3.73. The number of aryl methyl sites for hydroxylation is 1. The van der Waals surface area contributed by atoms with Gasteiger partial charge in [-0.1, -0.05) is 12.1 Å². The van der Waals surface area contributed by atoms with E-state index in [0.717, 1.165) is 48.4 Å². The third-order valence-electron chi connectivity index (χ3n) is 5.32. The Bertz CT molecular complexity index is 1210. The molecule has 32 heavy (non-hydrogen) atoms. The number of anilines is 2. The summed E-state index contributed by atoms with van der Waals surface area (Å²) in [6.45, 7) is 3.42. The molecule has 0 radical (unpaired) electrons. The quantitative estimate of drug-likeness (QED) is 0.650. The molecular formula is C23H21F3N4O2. The van der Waals surface area contributed by atoms with Crippen molar-refractivity contribution >= 4 is 17.3 Å². The van der Waals surface area contributed by atoms with Crippen LogP contribution >= 0.6 is 0 Å². The Balaban J connectivity index is 1.64. The largest absolute Gasteiger partial charge is 0.416 e. The fraction of sp³-hybridized carbons (Fsp3) is 0.261. The lowest BCUT2D eigenvalue weighted by atomic mass is 10.2. The summed E-state index contributed by atoms with van der Waals surface area (Å²) in [6, 6.07) is 13.0. The SMILES string of the molecule is Cc1cc(=O)c(C(=O)Nc2cccc(N3CCCC3)c2)nn1-c1cccc(C(F)(F)F)c1. The van der Waals surface area contributed by atoms with E-state index in [4.69, 9.17) is 0 Å². The third-order valence-corrected chi connectivity index (χ3v) is 5.32. The maximum absolute atomic E-state index is 13.1. The fourth-order valence-corrected chi connectivity index (χ4v) is 3.73. The average Bonchev–Trinajstić information content (AvgIpc) is 3.28. The molecule has 0 aliphatic carbocycles. The van der Waals surface area contributed by atoms with E-state index in [2.05, 4.69) is 15.3 Å². The van der Waals surface area contributed by atoms with Crippen LogP contribution in [0.15, 0.2) is 59.4 Å². The van der Waals surface area contributed by atoms with E-state index in [-0.39, 0.29) is 5.69 Å². The van der Waals surface area contributed by atoms with Crippen molar-refractivity contribution in [2.45, 2.75) is 25.9 Å². The van der Waals surface area contributed by atoms with E-state index in [1.54, 1.807) is 6.07 Å². The van der Waals surface area contributed by atoms with E-state index < -0.39 is 28.8 Å². The van der Waals surface area contributed by atoms with E-state index in [0.29, 0.717) is 11.4 Å². The zero-order chi connectivity index (χ0) is 22.9. The zero-order valence-electron chi connectivity index (χ0n) is 17.3. The standard InChI is InChI=1S/C23H21F3N4O2/c1-15-12-20(31)21(28-30(15)19-9-4-6-16(13-19)23(24,25)26)22(32)27-17-7-5-8-18(14-17)29-10-2-3-11-29/h4-9,12-14H,2-3,10-11H2,1H3,(H,27,32). The van der Waals surface area contributed by atoms with Crippen molar-refractivity contribution in [3.8, 4) is 5.69 Å². The van der Waals surface area contributed by atoms with Gasteiger partial charge in [0.2, 0.25) is 5.43 Å². The molecule has 0 bridgehead atoms. The minimum Gasteiger partial charge on any atom is -0.371 e. The molecule has 1 aromatic heterocycles. The molecule has 0 atom stereocenters. The van der Waals surface area contributed by atoms with Crippen LogP contribution in [0.5, 0.6) is 0 Å². The topological polar surface area (TPSA) is 67.2 Å². The lowest BCUT2D eigenvalue weighted by molar-refractivity contribution is -0.137. The highest BCUT2D eigenvalue weighted by molar-refractivity contribution is 6.02. The van der Waals surface area contributed by atoms with Crippen molar-refractivity contribution in [3.05, 3.63) is 81.8 Å². The van der Waals surface area contributed by atoms with Crippen molar-refractivity contribution in [2.75, 3.05) is 23.3 Å². The Morgan fingerprint density at radius 2 is 1.69 bits per heavy atom. The van der Waals surface area contributed by atoms with E-state index in [9.17, 15) is 22.8 Å². The molecule has 0 unspecified atom stereocenters. The Labute approximate surface area is 182 Å². The molecule has 4 rings (SSSR count). The summed E-state index contributed by atoms with van der Waals surface area (Å²) >= 11 is 0. The number of carbonyl (C=O) groups is 1. The minimum absolute atomic E-state index is 0.0994. The van der Waals surface area contributed by atoms with Crippen LogP contribution in [0.2, 0.25) is 0 Å². The molecule has 0 saturated carbocycles. The van der Waals surface area contributed by atoms with Crippen LogP contribution in [0.25, 0.3) is 5.69 Å². The number of nitrogens with one attached hydrogen (secondary N) is 1. The third kappa shape index (κ3) is 4.51. The minimum atomic E-state index is -4.52. The highest BCUT2D eigenvalue weighted by atomic mass is 19.4. The van der Waals surface area contributed by atoms with Gasteiger partial charge >= 0.3 is 6.18 Å². The molecule has 1 amide bonds. The molecule has 1 aliphatic rings. The van der Waals surface area contributed by atoms with Crippen LogP contribution < -0.4 is 15.6 Å². The molecule has 1 fully saturated rings. The summed E-state index contributed by atoms with van der Waals surface area (Å²) in [4.78, 5) is 27.4. The number of nitrogens with zero attached hydrogens (tertiary/aromatic N) is 3. The molecule has 2 aromatic carbocycles. The van der Waals surface area contributed by atoms with Gasteiger partial charge in [-0.3, -0.25) is 9.59 Å². The maximum atomic E-state index is 13.1. The molecule has 3 aromatic rings. The van der Waals surface area contributed by atoms with Gasteiger partial charge in [-0.25, -0.2) is 4.68 Å². The Morgan fingerprint density at radius 3 is 2.41 bits per heavy atom. The van der Waals surface area contributed by atoms with Gasteiger partial charge in [0.05, 0.1) is 11.3 Å². The monoisotopic (exact) mass is 442 g/mol. The smallest absolute Gasteiger partial charge is 0.371 e. The molecular weight excluding hydrogens is 421 g/mol. The Kier molecular flexibility index (Phi) is 5.73. The first-order valence-corrected chi connectivity index (χ1v) is 10.2. The predicted octanol–water partition coefficient (Wildman–Crippen LogP) is 4.41. The summed E-state index contributed by atoms with van der Waals surface area (Å²) in [6.07, 6.45) is -2.30. The number of carbonyl (C=O) groups excluding carboxylic acids is 1. The van der Waals surface area contributed by atoms with E-state index >= 15 is 0 Å². The summed E-state index contributed by atoms with van der Waals surface area (Å²) in [5, 5.41) is 6.75. The van der Waals surface area contributed by atoms with Gasteiger partial charge in [-0.15, -0.1) is 0 Å². The van der Waals surface area contributed by atoms with E-state index in [1.165, 1.54) is 25.1 Å². The molecule has 1 aliphatic heterocycles. The van der Waals surface area contributed by atoms with Gasteiger partial charge in [-0.05, 0) is 56.2 Å². The summed E-state index contributed by atoms with van der Waals surface area (Å²) in [7, 11) is 0. The number of benzene rings is 2. The molecule has 166 valence electrons.